The fraction of sp³-hybridized carbons (Fsp3) is 0.562. The molecule has 0 saturated heterocycles. The van der Waals surface area contributed by atoms with Gasteiger partial charge < -0.3 is 15.4 Å². The largest absolute Gasteiger partial charge is 0.380 e. The van der Waals surface area contributed by atoms with Gasteiger partial charge in [0.1, 0.15) is 0 Å². The van der Waals surface area contributed by atoms with Crippen LogP contribution in [0.5, 0.6) is 0 Å². The SMILES string of the molecule is COC(CN)CC(=O)N(C)Cc1ccc(C(C)C)cc1.Cl. The average Bonchev–Trinajstić information content (AvgIpc) is 2.44. The monoisotopic (exact) mass is 314 g/mol. The van der Waals surface area contributed by atoms with E-state index in [2.05, 4.69) is 38.1 Å². The van der Waals surface area contributed by atoms with Gasteiger partial charge in [-0.15, -0.1) is 12.4 Å². The van der Waals surface area contributed by atoms with Crippen LogP contribution in [0.3, 0.4) is 0 Å². The molecule has 0 aliphatic carbocycles. The molecular weight excluding hydrogens is 288 g/mol. The predicted octanol–water partition coefficient (Wildman–Crippen LogP) is 2.55. The topological polar surface area (TPSA) is 55.6 Å². The van der Waals surface area contributed by atoms with Crippen LogP contribution in [0.1, 0.15) is 37.3 Å². The minimum absolute atomic E-state index is 0. The molecule has 1 amide bonds. The zero-order valence-electron chi connectivity index (χ0n) is 13.3. The van der Waals surface area contributed by atoms with E-state index in [4.69, 9.17) is 10.5 Å². The lowest BCUT2D eigenvalue weighted by Gasteiger charge is -2.20. The fourth-order valence-electron chi connectivity index (χ4n) is 1.98. The molecule has 0 fully saturated rings. The van der Waals surface area contributed by atoms with Crippen molar-refractivity contribution in [3.63, 3.8) is 0 Å². The second-order valence-electron chi connectivity index (χ2n) is 5.44. The van der Waals surface area contributed by atoms with Gasteiger partial charge in [-0.1, -0.05) is 38.1 Å². The van der Waals surface area contributed by atoms with Crippen molar-refractivity contribution >= 4 is 18.3 Å². The van der Waals surface area contributed by atoms with Crippen LogP contribution < -0.4 is 5.73 Å². The summed E-state index contributed by atoms with van der Waals surface area (Å²) in [5.41, 5.74) is 7.98. The Kier molecular flexibility index (Phi) is 9.26. The fourth-order valence-corrected chi connectivity index (χ4v) is 1.98. The van der Waals surface area contributed by atoms with Crippen molar-refractivity contribution in [3.8, 4) is 0 Å². The summed E-state index contributed by atoms with van der Waals surface area (Å²) in [7, 11) is 3.39. The number of carbonyl (C=O) groups excluding carboxylic acids is 1. The molecule has 0 spiro atoms. The Hall–Kier alpha value is -1.10. The zero-order chi connectivity index (χ0) is 15.1. The van der Waals surface area contributed by atoms with Crippen molar-refractivity contribution in [2.75, 3.05) is 20.7 Å². The summed E-state index contributed by atoms with van der Waals surface area (Å²) in [6.07, 6.45) is 0.126. The first-order chi connectivity index (χ1) is 9.47. The van der Waals surface area contributed by atoms with E-state index in [-0.39, 0.29) is 24.4 Å². The molecule has 0 heterocycles. The maximum Gasteiger partial charge on any atom is 0.225 e. The number of rotatable bonds is 7. The lowest BCUT2D eigenvalue weighted by atomic mass is 10.0. The number of benzene rings is 1. The van der Waals surface area contributed by atoms with Gasteiger partial charge in [-0.3, -0.25) is 4.79 Å². The van der Waals surface area contributed by atoms with Crippen molar-refractivity contribution in [3.05, 3.63) is 35.4 Å². The minimum atomic E-state index is -0.201. The Morgan fingerprint density at radius 3 is 2.29 bits per heavy atom. The Labute approximate surface area is 134 Å². The van der Waals surface area contributed by atoms with Crippen LogP contribution in [0.25, 0.3) is 0 Å². The molecule has 0 saturated carbocycles. The van der Waals surface area contributed by atoms with E-state index in [1.54, 1.807) is 12.0 Å². The molecule has 1 rings (SSSR count). The molecule has 0 radical (unpaired) electrons. The number of hydrogen-bond donors (Lipinski definition) is 1. The van der Waals surface area contributed by atoms with Crippen molar-refractivity contribution in [2.24, 2.45) is 5.73 Å². The van der Waals surface area contributed by atoms with Crippen LogP contribution in [0.2, 0.25) is 0 Å². The molecule has 0 bridgehead atoms. The summed E-state index contributed by atoms with van der Waals surface area (Å²) < 4.78 is 5.14. The number of ether oxygens (including phenoxy) is 1. The minimum Gasteiger partial charge on any atom is -0.380 e. The summed E-state index contributed by atoms with van der Waals surface area (Å²) in [6, 6.07) is 8.40. The molecule has 120 valence electrons. The number of carbonyl (C=O) groups is 1. The smallest absolute Gasteiger partial charge is 0.225 e. The number of nitrogens with two attached hydrogens (primary N) is 1. The van der Waals surface area contributed by atoms with Crippen LogP contribution >= 0.6 is 12.4 Å². The second kappa shape index (κ2) is 9.77. The van der Waals surface area contributed by atoms with Crippen molar-refractivity contribution in [1.82, 2.24) is 4.90 Å². The van der Waals surface area contributed by atoms with Gasteiger partial charge in [0.05, 0.1) is 12.5 Å². The predicted molar refractivity (Wildman–Crippen MR) is 88.7 cm³/mol. The standard InChI is InChI=1S/C16H26N2O2.ClH/c1-12(2)14-7-5-13(6-8-14)11-18(3)16(19)9-15(10-17)20-4;/h5-8,12,15H,9-11,17H2,1-4H3;1H. The van der Waals surface area contributed by atoms with Gasteiger partial charge in [0.2, 0.25) is 5.91 Å². The van der Waals surface area contributed by atoms with E-state index in [0.29, 0.717) is 25.4 Å². The second-order valence-corrected chi connectivity index (χ2v) is 5.44. The van der Waals surface area contributed by atoms with E-state index >= 15 is 0 Å². The van der Waals surface area contributed by atoms with E-state index in [1.165, 1.54) is 5.56 Å². The highest BCUT2D eigenvalue weighted by atomic mass is 35.5. The molecule has 2 N–H and O–H groups in total. The lowest BCUT2D eigenvalue weighted by Crippen LogP contribution is -2.33. The lowest BCUT2D eigenvalue weighted by molar-refractivity contribution is -0.132. The molecule has 1 atom stereocenters. The summed E-state index contributed by atoms with van der Waals surface area (Å²) in [6.45, 7) is 5.31. The highest BCUT2D eigenvalue weighted by molar-refractivity contribution is 5.85. The first kappa shape index (κ1) is 19.9. The molecule has 1 aromatic carbocycles. The van der Waals surface area contributed by atoms with Gasteiger partial charge in [0.25, 0.3) is 0 Å². The van der Waals surface area contributed by atoms with Gasteiger partial charge in [0.15, 0.2) is 0 Å². The third kappa shape index (κ3) is 6.46. The molecule has 0 aliphatic rings. The Bertz CT molecular complexity index is 417. The van der Waals surface area contributed by atoms with Crippen LogP contribution in [0, 0.1) is 0 Å². The molecule has 0 aliphatic heterocycles. The van der Waals surface area contributed by atoms with Crippen LogP contribution in [0.15, 0.2) is 24.3 Å². The van der Waals surface area contributed by atoms with Gasteiger partial charge in [-0.25, -0.2) is 0 Å². The molecule has 4 nitrogen and oxygen atoms in total. The maximum atomic E-state index is 12.0. The average molecular weight is 315 g/mol. The first-order valence-electron chi connectivity index (χ1n) is 7.03. The number of halogens is 1. The number of nitrogens with zero attached hydrogens (tertiary/aromatic N) is 1. The number of hydrogen-bond acceptors (Lipinski definition) is 3. The number of methoxy groups -OCH3 is 1. The summed E-state index contributed by atoms with van der Waals surface area (Å²) >= 11 is 0. The van der Waals surface area contributed by atoms with Crippen LogP contribution in [0.4, 0.5) is 0 Å². The Morgan fingerprint density at radius 1 is 1.29 bits per heavy atom. The van der Waals surface area contributed by atoms with Crippen molar-refractivity contribution in [2.45, 2.75) is 38.8 Å². The zero-order valence-corrected chi connectivity index (χ0v) is 14.2. The number of amides is 1. The van der Waals surface area contributed by atoms with Gasteiger partial charge >= 0.3 is 0 Å². The highest BCUT2D eigenvalue weighted by Gasteiger charge is 2.15. The molecular formula is C16H27ClN2O2. The molecule has 1 unspecified atom stereocenters. The third-order valence-electron chi connectivity index (χ3n) is 3.49. The highest BCUT2D eigenvalue weighted by Crippen LogP contribution is 2.15. The van der Waals surface area contributed by atoms with Crippen molar-refractivity contribution < 1.29 is 9.53 Å². The first-order valence-corrected chi connectivity index (χ1v) is 7.03. The maximum absolute atomic E-state index is 12.0. The van der Waals surface area contributed by atoms with Gasteiger partial charge in [-0.2, -0.15) is 0 Å². The Balaban J connectivity index is 0.00000400. The molecule has 0 aromatic heterocycles. The molecule has 1 aromatic rings. The van der Waals surface area contributed by atoms with E-state index < -0.39 is 0 Å². The summed E-state index contributed by atoms with van der Waals surface area (Å²) in [5.74, 6) is 0.575. The van der Waals surface area contributed by atoms with Crippen LogP contribution in [-0.2, 0) is 16.1 Å². The van der Waals surface area contributed by atoms with E-state index in [9.17, 15) is 4.79 Å². The quantitative estimate of drug-likeness (QED) is 0.841. The third-order valence-corrected chi connectivity index (χ3v) is 3.49. The normalized spacial score (nSPS) is 11.9. The summed E-state index contributed by atoms with van der Waals surface area (Å²) in [4.78, 5) is 13.8. The van der Waals surface area contributed by atoms with Gasteiger partial charge in [-0.05, 0) is 17.0 Å². The Morgan fingerprint density at radius 2 is 1.86 bits per heavy atom. The molecule has 21 heavy (non-hydrogen) atoms. The van der Waals surface area contributed by atoms with Crippen LogP contribution in [-0.4, -0.2) is 37.6 Å². The summed E-state index contributed by atoms with van der Waals surface area (Å²) in [5, 5.41) is 0. The molecule has 5 heteroatoms. The van der Waals surface area contributed by atoms with E-state index in [1.807, 2.05) is 7.05 Å². The van der Waals surface area contributed by atoms with E-state index in [0.717, 1.165) is 5.56 Å². The van der Waals surface area contributed by atoms with Gasteiger partial charge in [0, 0.05) is 27.2 Å². The van der Waals surface area contributed by atoms with Crippen molar-refractivity contribution in [1.29, 1.82) is 0 Å².